The lowest BCUT2D eigenvalue weighted by Crippen LogP contribution is -2.00. The molecule has 0 fully saturated rings. The molecule has 0 aliphatic heterocycles. The zero-order chi connectivity index (χ0) is 37.5. The Labute approximate surface area is 325 Å². The lowest BCUT2D eigenvalue weighted by atomic mass is 10.0. The third-order valence-corrected chi connectivity index (χ3v) is 11.1. The molecule has 0 radical (unpaired) electrons. The highest BCUT2D eigenvalue weighted by molar-refractivity contribution is 6.15. The van der Waals surface area contributed by atoms with Crippen LogP contribution in [0.5, 0.6) is 0 Å². The molecule has 8 aromatic carbocycles. The van der Waals surface area contributed by atoms with Crippen LogP contribution in [-0.4, -0.2) is 19.5 Å². The van der Waals surface area contributed by atoms with Crippen LogP contribution in [0.1, 0.15) is 0 Å². The summed E-state index contributed by atoms with van der Waals surface area (Å²) in [6, 6.07) is 62.7. The number of hydrogen-bond donors (Lipinski definition) is 0. The first kappa shape index (κ1) is 31.5. The third kappa shape index (κ3) is 4.94. The fourth-order valence-corrected chi connectivity index (χ4v) is 8.44. The maximum absolute atomic E-state index is 6.62. The monoisotopic (exact) mass is 730 g/mol. The largest absolute Gasteiger partial charge is 0.456 e. The molecule has 12 aromatic rings. The zero-order valence-electron chi connectivity index (χ0n) is 30.4. The normalized spacial score (nSPS) is 11.9. The smallest absolute Gasteiger partial charge is 0.167 e. The molecule has 12 rings (SSSR count). The van der Waals surface area contributed by atoms with Crippen molar-refractivity contribution >= 4 is 65.7 Å². The molecule has 0 aliphatic carbocycles. The molecule has 0 N–H and O–H groups in total. The van der Waals surface area contributed by atoms with Gasteiger partial charge in [0, 0.05) is 38.1 Å². The van der Waals surface area contributed by atoms with Gasteiger partial charge in [0.05, 0.1) is 27.7 Å². The number of aromatic nitrogens is 4. The summed E-state index contributed by atoms with van der Waals surface area (Å²) in [7, 11) is 0. The molecule has 0 saturated heterocycles. The number of rotatable bonds is 5. The molecule has 0 bridgehead atoms. The highest BCUT2D eigenvalue weighted by Gasteiger charge is 2.20. The van der Waals surface area contributed by atoms with Crippen LogP contribution in [0.4, 0.5) is 0 Å². The summed E-state index contributed by atoms with van der Waals surface area (Å²) >= 11 is 0. The second kappa shape index (κ2) is 12.3. The second-order valence-corrected chi connectivity index (χ2v) is 14.4. The molecule has 4 heterocycles. The van der Waals surface area contributed by atoms with E-state index in [1.807, 2.05) is 72.8 Å². The van der Waals surface area contributed by atoms with Crippen LogP contribution >= 0.6 is 0 Å². The van der Waals surface area contributed by atoms with E-state index in [-0.39, 0.29) is 0 Å². The van der Waals surface area contributed by atoms with Gasteiger partial charge in [-0.3, -0.25) is 0 Å². The first-order valence-electron chi connectivity index (χ1n) is 19.0. The van der Waals surface area contributed by atoms with Crippen molar-refractivity contribution < 1.29 is 8.83 Å². The van der Waals surface area contributed by atoms with Crippen LogP contribution < -0.4 is 0 Å². The molecule has 0 aliphatic rings. The Kier molecular flexibility index (Phi) is 6.83. The third-order valence-electron chi connectivity index (χ3n) is 11.1. The lowest BCUT2D eigenvalue weighted by molar-refractivity contribution is 0.669. The Bertz CT molecular complexity index is 3410. The molecule has 6 nitrogen and oxygen atoms in total. The van der Waals surface area contributed by atoms with Crippen molar-refractivity contribution in [3.05, 3.63) is 182 Å². The van der Waals surface area contributed by atoms with Crippen molar-refractivity contribution in [1.82, 2.24) is 19.5 Å². The van der Waals surface area contributed by atoms with Crippen LogP contribution in [0, 0.1) is 0 Å². The average Bonchev–Trinajstić information content (AvgIpc) is 3.96. The van der Waals surface area contributed by atoms with Crippen molar-refractivity contribution in [2.24, 2.45) is 0 Å². The maximum Gasteiger partial charge on any atom is 0.167 e. The Hall–Kier alpha value is -7.83. The number of furan rings is 2. The Balaban J connectivity index is 0.985. The maximum atomic E-state index is 6.62. The van der Waals surface area contributed by atoms with E-state index in [1.165, 1.54) is 21.8 Å². The SMILES string of the molecule is c1ccc(-c2nc(-c3ccccc3)nc(-c3cccc4c3oc3ccc(-c5ccc6c(c5)oc5cccc(-n7c8ccccc8c8ccccc87)c56)cc34)n2)cc1. The van der Waals surface area contributed by atoms with Crippen LogP contribution in [0.15, 0.2) is 191 Å². The fraction of sp³-hybridized carbons (Fsp3) is 0. The van der Waals surface area contributed by atoms with E-state index in [4.69, 9.17) is 23.8 Å². The van der Waals surface area contributed by atoms with Crippen molar-refractivity contribution in [1.29, 1.82) is 0 Å². The van der Waals surface area contributed by atoms with Gasteiger partial charge in [0.2, 0.25) is 0 Å². The Morgan fingerprint density at radius 1 is 0.351 bits per heavy atom. The molecule has 266 valence electrons. The summed E-state index contributed by atoms with van der Waals surface area (Å²) in [5.41, 5.74) is 11.4. The van der Waals surface area contributed by atoms with Gasteiger partial charge in [-0.2, -0.15) is 0 Å². The van der Waals surface area contributed by atoms with Gasteiger partial charge in [-0.1, -0.05) is 127 Å². The molecule has 0 atom stereocenters. The molecule has 4 aromatic heterocycles. The van der Waals surface area contributed by atoms with Gasteiger partial charge in [0.15, 0.2) is 17.5 Å². The minimum atomic E-state index is 0.559. The Morgan fingerprint density at radius 2 is 0.947 bits per heavy atom. The standard InChI is InChI=1S/C51H30N4O2/c1-3-13-31(14-4-1)49-52-50(32-15-5-2-6-16-32)54-51(53-49)39-20-11-19-37-40-29-33(26-28-44(40)57-48(37)39)34-25-27-38-46(30-34)56-45-24-12-23-43(47(38)45)55-41-21-9-7-17-35(41)36-18-8-10-22-42(36)55/h1-30H. The van der Waals surface area contributed by atoms with Gasteiger partial charge in [-0.25, -0.2) is 15.0 Å². The van der Waals surface area contributed by atoms with Gasteiger partial charge in [0.25, 0.3) is 0 Å². The number of para-hydroxylation sites is 3. The first-order valence-corrected chi connectivity index (χ1v) is 19.0. The number of benzene rings is 8. The second-order valence-electron chi connectivity index (χ2n) is 14.4. The van der Waals surface area contributed by atoms with Crippen molar-refractivity contribution in [2.75, 3.05) is 0 Å². The predicted octanol–water partition coefficient (Wildman–Crippen LogP) is 13.4. The molecular formula is C51H30N4O2. The predicted molar refractivity (Wildman–Crippen MR) is 230 cm³/mol. The van der Waals surface area contributed by atoms with E-state index in [9.17, 15) is 0 Å². The molecular weight excluding hydrogens is 701 g/mol. The number of nitrogens with zero attached hydrogens (tertiary/aromatic N) is 4. The van der Waals surface area contributed by atoms with Crippen LogP contribution in [0.2, 0.25) is 0 Å². The van der Waals surface area contributed by atoms with Crippen molar-refractivity contribution in [3.63, 3.8) is 0 Å². The summed E-state index contributed by atoms with van der Waals surface area (Å²) in [5, 5.41) is 6.65. The van der Waals surface area contributed by atoms with E-state index in [1.54, 1.807) is 0 Å². The minimum Gasteiger partial charge on any atom is -0.456 e. The zero-order valence-corrected chi connectivity index (χ0v) is 30.4. The van der Waals surface area contributed by atoms with Gasteiger partial charge in [-0.15, -0.1) is 0 Å². The summed E-state index contributed by atoms with van der Waals surface area (Å²) in [5.74, 6) is 1.78. The molecule has 57 heavy (non-hydrogen) atoms. The lowest BCUT2D eigenvalue weighted by Gasteiger charge is -2.09. The van der Waals surface area contributed by atoms with Gasteiger partial charge in [-0.05, 0) is 65.7 Å². The first-order chi connectivity index (χ1) is 28.2. The number of fused-ring (bicyclic) bond motifs is 9. The van der Waals surface area contributed by atoms with E-state index >= 15 is 0 Å². The minimum absolute atomic E-state index is 0.559. The molecule has 0 spiro atoms. The molecule has 6 heteroatoms. The number of hydrogen-bond acceptors (Lipinski definition) is 5. The van der Waals surface area contributed by atoms with E-state index in [0.717, 1.165) is 77.4 Å². The highest BCUT2D eigenvalue weighted by atomic mass is 16.3. The van der Waals surface area contributed by atoms with Gasteiger partial charge in [0.1, 0.15) is 22.3 Å². The van der Waals surface area contributed by atoms with Crippen molar-refractivity contribution in [2.45, 2.75) is 0 Å². The van der Waals surface area contributed by atoms with Gasteiger partial charge >= 0.3 is 0 Å². The molecule has 0 amide bonds. The van der Waals surface area contributed by atoms with E-state index in [0.29, 0.717) is 17.5 Å². The molecule has 0 unspecified atom stereocenters. The van der Waals surface area contributed by atoms with E-state index in [2.05, 4.69) is 114 Å². The summed E-state index contributed by atoms with van der Waals surface area (Å²) in [4.78, 5) is 14.9. The molecule has 0 saturated carbocycles. The summed E-state index contributed by atoms with van der Waals surface area (Å²) in [6.45, 7) is 0. The average molecular weight is 731 g/mol. The summed E-state index contributed by atoms with van der Waals surface area (Å²) < 4.78 is 15.6. The van der Waals surface area contributed by atoms with Crippen LogP contribution in [0.3, 0.4) is 0 Å². The topological polar surface area (TPSA) is 69.9 Å². The summed E-state index contributed by atoms with van der Waals surface area (Å²) in [6.07, 6.45) is 0. The quantitative estimate of drug-likeness (QED) is 0.176. The van der Waals surface area contributed by atoms with E-state index < -0.39 is 0 Å². The van der Waals surface area contributed by atoms with Gasteiger partial charge < -0.3 is 13.4 Å². The highest BCUT2D eigenvalue weighted by Crippen LogP contribution is 2.41. The fourth-order valence-electron chi connectivity index (χ4n) is 8.44. The van der Waals surface area contributed by atoms with Crippen LogP contribution in [-0.2, 0) is 0 Å². The van der Waals surface area contributed by atoms with Crippen molar-refractivity contribution in [3.8, 4) is 51.0 Å². The van der Waals surface area contributed by atoms with Crippen LogP contribution in [0.25, 0.3) is 117 Å². The Morgan fingerprint density at radius 3 is 1.67 bits per heavy atom.